The van der Waals surface area contributed by atoms with Gasteiger partial charge in [-0.25, -0.2) is 4.99 Å². The summed E-state index contributed by atoms with van der Waals surface area (Å²) < 4.78 is 5.64. The Hall–Kier alpha value is -2.15. The molecule has 9 heteroatoms. The molecule has 1 heterocycles. The third-order valence-electron chi connectivity index (χ3n) is 3.64. The van der Waals surface area contributed by atoms with Gasteiger partial charge in [-0.15, -0.1) is 12.4 Å². The van der Waals surface area contributed by atoms with Crippen LogP contribution in [0.25, 0.3) is 0 Å². The first-order valence-electron chi connectivity index (χ1n) is 8.16. The molecule has 2 aromatic carbocycles. The van der Waals surface area contributed by atoms with Gasteiger partial charge in [0, 0.05) is 28.6 Å². The molecule has 27 heavy (non-hydrogen) atoms. The van der Waals surface area contributed by atoms with Crippen LogP contribution < -0.4 is 21.1 Å². The molecular formula is C18H20Cl3N5O. The monoisotopic (exact) mass is 427 g/mol. The van der Waals surface area contributed by atoms with E-state index >= 15 is 0 Å². The minimum absolute atomic E-state index is 0. The minimum Gasteiger partial charge on any atom is -0.494 e. The minimum atomic E-state index is -0.367. The summed E-state index contributed by atoms with van der Waals surface area (Å²) in [5, 5.41) is 7.42. The van der Waals surface area contributed by atoms with Gasteiger partial charge in [-0.05, 0) is 30.3 Å². The second-order valence-corrected chi connectivity index (χ2v) is 6.44. The average molecular weight is 429 g/mol. The van der Waals surface area contributed by atoms with Crippen LogP contribution in [0.3, 0.4) is 0 Å². The molecule has 0 aliphatic carbocycles. The summed E-state index contributed by atoms with van der Waals surface area (Å²) in [5.41, 5.74) is 6.71. The molecule has 1 aliphatic heterocycles. The summed E-state index contributed by atoms with van der Waals surface area (Å²) in [6.07, 6.45) is 0.387. The lowest BCUT2D eigenvalue weighted by Crippen LogP contribution is -2.50. The van der Waals surface area contributed by atoms with Gasteiger partial charge in [-0.2, -0.15) is 0 Å². The van der Waals surface area contributed by atoms with E-state index in [1.807, 2.05) is 36.4 Å². The zero-order valence-electron chi connectivity index (χ0n) is 14.4. The van der Waals surface area contributed by atoms with Crippen molar-refractivity contribution in [3.8, 4) is 5.75 Å². The Bertz CT molecular complexity index is 811. The van der Waals surface area contributed by atoms with E-state index in [4.69, 9.17) is 33.7 Å². The van der Waals surface area contributed by atoms with E-state index in [9.17, 15) is 0 Å². The second kappa shape index (κ2) is 10.3. The third kappa shape index (κ3) is 6.20. The molecule has 2 aromatic rings. The van der Waals surface area contributed by atoms with Gasteiger partial charge in [0.05, 0.1) is 6.61 Å². The van der Waals surface area contributed by atoms with Gasteiger partial charge in [0.15, 0.2) is 18.1 Å². The maximum absolute atomic E-state index is 6.23. The number of halogens is 3. The van der Waals surface area contributed by atoms with Crippen LogP contribution in [-0.2, 0) is 0 Å². The summed E-state index contributed by atoms with van der Waals surface area (Å²) in [6, 6.07) is 14.8. The number of rotatable bonds is 6. The van der Waals surface area contributed by atoms with E-state index in [0.717, 1.165) is 17.7 Å². The topological polar surface area (TPSA) is 84.0 Å². The van der Waals surface area contributed by atoms with E-state index in [1.54, 1.807) is 12.1 Å². The van der Waals surface area contributed by atoms with Gasteiger partial charge in [0.2, 0.25) is 0 Å². The predicted octanol–water partition coefficient (Wildman–Crippen LogP) is 3.75. The zero-order chi connectivity index (χ0) is 18.4. The SMILES string of the molecule is Cl.NC1=NC(c2ccccc2Cl)NC(=NCCCOc2ccc(Cl)cc2)N1. The van der Waals surface area contributed by atoms with Crippen LogP contribution >= 0.6 is 35.6 Å². The van der Waals surface area contributed by atoms with Crippen LogP contribution in [0.4, 0.5) is 0 Å². The van der Waals surface area contributed by atoms with Gasteiger partial charge in [0.25, 0.3) is 0 Å². The Morgan fingerprint density at radius 2 is 1.85 bits per heavy atom. The lowest BCUT2D eigenvalue weighted by molar-refractivity contribution is 0.313. The highest BCUT2D eigenvalue weighted by Gasteiger charge is 2.20. The Balaban J connectivity index is 0.00000261. The van der Waals surface area contributed by atoms with Crippen molar-refractivity contribution in [1.82, 2.24) is 10.6 Å². The first-order chi connectivity index (χ1) is 12.6. The maximum atomic E-state index is 6.23. The number of benzene rings is 2. The van der Waals surface area contributed by atoms with E-state index in [-0.39, 0.29) is 18.6 Å². The highest BCUT2D eigenvalue weighted by molar-refractivity contribution is 6.31. The first-order valence-corrected chi connectivity index (χ1v) is 8.91. The van der Waals surface area contributed by atoms with Crippen LogP contribution in [0.15, 0.2) is 58.5 Å². The van der Waals surface area contributed by atoms with E-state index in [1.165, 1.54) is 0 Å². The van der Waals surface area contributed by atoms with Crippen molar-refractivity contribution < 1.29 is 4.74 Å². The molecule has 1 unspecified atom stereocenters. The average Bonchev–Trinajstić information content (AvgIpc) is 2.63. The summed E-state index contributed by atoms with van der Waals surface area (Å²) in [6.45, 7) is 1.13. The van der Waals surface area contributed by atoms with Crippen molar-refractivity contribution in [3.05, 3.63) is 64.1 Å². The highest BCUT2D eigenvalue weighted by atomic mass is 35.5. The molecule has 4 N–H and O–H groups in total. The van der Waals surface area contributed by atoms with Gasteiger partial charge in [-0.3, -0.25) is 10.3 Å². The van der Waals surface area contributed by atoms with Crippen molar-refractivity contribution in [2.24, 2.45) is 15.7 Å². The van der Waals surface area contributed by atoms with Crippen molar-refractivity contribution in [1.29, 1.82) is 0 Å². The molecule has 0 spiro atoms. The van der Waals surface area contributed by atoms with Gasteiger partial charge in [0.1, 0.15) is 5.75 Å². The maximum Gasteiger partial charge on any atom is 0.200 e. The van der Waals surface area contributed by atoms with Crippen LogP contribution in [0.5, 0.6) is 5.75 Å². The van der Waals surface area contributed by atoms with E-state index < -0.39 is 0 Å². The van der Waals surface area contributed by atoms with E-state index in [0.29, 0.717) is 35.1 Å². The molecule has 1 aliphatic rings. The molecule has 0 bridgehead atoms. The molecular weight excluding hydrogens is 409 g/mol. The molecule has 1 atom stereocenters. The molecule has 0 radical (unpaired) electrons. The van der Waals surface area contributed by atoms with Gasteiger partial charge >= 0.3 is 0 Å². The summed E-state index contributed by atoms with van der Waals surface area (Å²) in [7, 11) is 0. The van der Waals surface area contributed by atoms with Crippen molar-refractivity contribution >= 4 is 47.5 Å². The number of nitrogens with one attached hydrogen (secondary N) is 2. The summed E-state index contributed by atoms with van der Waals surface area (Å²) in [4.78, 5) is 8.80. The van der Waals surface area contributed by atoms with Crippen LogP contribution in [0.1, 0.15) is 18.2 Å². The smallest absolute Gasteiger partial charge is 0.200 e. The third-order valence-corrected chi connectivity index (χ3v) is 4.24. The lowest BCUT2D eigenvalue weighted by atomic mass is 10.1. The number of hydrogen-bond acceptors (Lipinski definition) is 4. The standard InChI is InChI=1S/C18H19Cl2N5O.ClH/c19-12-6-8-13(9-7-12)26-11-3-10-22-18-24-16(23-17(21)25-18)14-4-1-2-5-15(14)20;/h1-2,4-9,16H,3,10-11H2,(H4,21,22,23,24,25);1H. The molecule has 0 fully saturated rings. The Kier molecular flexibility index (Phi) is 8.03. The Labute approximate surface area is 174 Å². The number of nitrogens with two attached hydrogens (primary N) is 1. The summed E-state index contributed by atoms with van der Waals surface area (Å²) in [5.74, 6) is 1.64. The molecule has 0 saturated carbocycles. The van der Waals surface area contributed by atoms with Crippen LogP contribution in [-0.4, -0.2) is 25.1 Å². The normalized spacial score (nSPS) is 17.3. The quantitative estimate of drug-likeness (QED) is 0.612. The Morgan fingerprint density at radius 1 is 1.11 bits per heavy atom. The number of nitrogens with zero attached hydrogens (tertiary/aromatic N) is 2. The zero-order valence-corrected chi connectivity index (χ0v) is 16.7. The number of ether oxygens (including phenoxy) is 1. The lowest BCUT2D eigenvalue weighted by Gasteiger charge is -2.24. The second-order valence-electron chi connectivity index (χ2n) is 5.59. The van der Waals surface area contributed by atoms with Gasteiger partial charge < -0.3 is 15.8 Å². The van der Waals surface area contributed by atoms with E-state index in [2.05, 4.69) is 20.6 Å². The molecule has 0 saturated heterocycles. The van der Waals surface area contributed by atoms with Crippen LogP contribution in [0, 0.1) is 0 Å². The Morgan fingerprint density at radius 3 is 2.59 bits per heavy atom. The van der Waals surface area contributed by atoms with Crippen LogP contribution in [0.2, 0.25) is 10.0 Å². The molecule has 6 nitrogen and oxygen atoms in total. The fourth-order valence-electron chi connectivity index (χ4n) is 2.40. The predicted molar refractivity (Wildman–Crippen MR) is 113 cm³/mol. The number of aliphatic imine (C=N–C) groups is 2. The number of guanidine groups is 2. The molecule has 3 rings (SSSR count). The molecule has 0 amide bonds. The van der Waals surface area contributed by atoms with Crippen molar-refractivity contribution in [2.45, 2.75) is 12.6 Å². The first kappa shape index (κ1) is 21.2. The fraction of sp³-hybridized carbons (Fsp3) is 0.222. The molecule has 0 aromatic heterocycles. The number of hydrogen-bond donors (Lipinski definition) is 3. The largest absolute Gasteiger partial charge is 0.494 e. The summed E-state index contributed by atoms with van der Waals surface area (Å²) >= 11 is 12.1. The van der Waals surface area contributed by atoms with Gasteiger partial charge in [-0.1, -0.05) is 41.4 Å². The van der Waals surface area contributed by atoms with Crippen molar-refractivity contribution in [2.75, 3.05) is 13.2 Å². The fourth-order valence-corrected chi connectivity index (χ4v) is 2.76. The van der Waals surface area contributed by atoms with Crippen molar-refractivity contribution in [3.63, 3.8) is 0 Å². The highest BCUT2D eigenvalue weighted by Crippen LogP contribution is 2.24. The molecule has 144 valence electrons.